The van der Waals surface area contributed by atoms with Crippen LogP contribution in [0, 0.1) is 5.92 Å². The predicted octanol–water partition coefficient (Wildman–Crippen LogP) is 5.06. The Bertz CT molecular complexity index is 1210. The van der Waals surface area contributed by atoms with Gasteiger partial charge in [-0.15, -0.1) is 0 Å². The molecule has 1 atom stereocenters. The predicted molar refractivity (Wildman–Crippen MR) is 131 cm³/mol. The molecule has 0 saturated heterocycles. The standard InChI is InChI=1S/C27H25ClN2O5/c28-18-11-17(25(29-13-18)34-14-16-9-10-16)12-24(26(31)32)30-27(33)35-15-23-21-7-3-1-5-19(21)20-6-2-4-8-22(20)23/h1-8,11,13,16,23-24H,9-10,12,14-15H2,(H,30,33)(H,31,32)/t24-/m0/s1. The lowest BCUT2D eigenvalue weighted by Crippen LogP contribution is -2.43. The quantitative estimate of drug-likeness (QED) is 0.433. The van der Waals surface area contributed by atoms with Crippen molar-refractivity contribution < 1.29 is 24.2 Å². The SMILES string of the molecule is O=C(N[C@@H](Cc1cc(Cl)cnc1OCC1CC1)C(=O)O)OCC1c2ccccc2-c2ccccc21. The van der Waals surface area contributed by atoms with E-state index in [9.17, 15) is 14.7 Å². The van der Waals surface area contributed by atoms with Crippen LogP contribution in [0.1, 0.15) is 35.4 Å². The molecular formula is C27H25ClN2O5. The number of hydrogen-bond acceptors (Lipinski definition) is 5. The molecule has 1 heterocycles. The fourth-order valence-electron chi connectivity index (χ4n) is 4.43. The second-order valence-corrected chi connectivity index (χ2v) is 9.37. The minimum absolute atomic E-state index is 0.0346. The van der Waals surface area contributed by atoms with Crippen LogP contribution in [0.3, 0.4) is 0 Å². The van der Waals surface area contributed by atoms with Gasteiger partial charge in [0.25, 0.3) is 0 Å². The first-order valence-corrected chi connectivity index (χ1v) is 12.0. The molecule has 2 aromatic carbocycles. The number of carboxylic acids is 1. The molecule has 8 heteroatoms. The van der Waals surface area contributed by atoms with Crippen molar-refractivity contribution >= 4 is 23.7 Å². The Morgan fingerprint density at radius 1 is 1.06 bits per heavy atom. The Hall–Kier alpha value is -3.58. The number of benzene rings is 2. The molecule has 1 amide bonds. The molecule has 1 fully saturated rings. The molecule has 2 aliphatic rings. The van der Waals surface area contributed by atoms with E-state index in [-0.39, 0.29) is 18.9 Å². The smallest absolute Gasteiger partial charge is 0.407 e. The van der Waals surface area contributed by atoms with E-state index < -0.39 is 18.1 Å². The summed E-state index contributed by atoms with van der Waals surface area (Å²) in [5, 5.41) is 12.6. The third kappa shape index (κ3) is 5.25. The summed E-state index contributed by atoms with van der Waals surface area (Å²) in [5.41, 5.74) is 4.92. The zero-order valence-electron chi connectivity index (χ0n) is 18.9. The van der Waals surface area contributed by atoms with E-state index in [1.807, 2.05) is 36.4 Å². The highest BCUT2D eigenvalue weighted by Gasteiger charge is 2.30. The molecule has 7 nitrogen and oxygen atoms in total. The summed E-state index contributed by atoms with van der Waals surface area (Å²) >= 11 is 6.09. The lowest BCUT2D eigenvalue weighted by atomic mass is 9.98. The molecule has 0 bridgehead atoms. The maximum Gasteiger partial charge on any atom is 0.407 e. The van der Waals surface area contributed by atoms with Crippen LogP contribution in [0.2, 0.25) is 5.02 Å². The van der Waals surface area contributed by atoms with E-state index in [2.05, 4.69) is 22.4 Å². The zero-order valence-corrected chi connectivity index (χ0v) is 19.7. The third-order valence-electron chi connectivity index (χ3n) is 6.40. The largest absolute Gasteiger partial charge is 0.480 e. The van der Waals surface area contributed by atoms with Crippen LogP contribution in [0.25, 0.3) is 11.1 Å². The van der Waals surface area contributed by atoms with Crippen molar-refractivity contribution in [1.29, 1.82) is 0 Å². The second-order valence-electron chi connectivity index (χ2n) is 8.94. The number of nitrogens with zero attached hydrogens (tertiary/aromatic N) is 1. The van der Waals surface area contributed by atoms with Gasteiger partial charge in [0.1, 0.15) is 12.6 Å². The van der Waals surface area contributed by atoms with E-state index in [4.69, 9.17) is 21.1 Å². The van der Waals surface area contributed by atoms with Crippen LogP contribution in [0.5, 0.6) is 5.88 Å². The van der Waals surface area contributed by atoms with Crippen LogP contribution < -0.4 is 10.1 Å². The Morgan fingerprint density at radius 3 is 2.34 bits per heavy atom. The number of pyridine rings is 1. The zero-order chi connectivity index (χ0) is 24.4. The number of amides is 1. The number of aromatic nitrogens is 1. The van der Waals surface area contributed by atoms with E-state index in [0.717, 1.165) is 35.1 Å². The second kappa shape index (κ2) is 9.96. The molecule has 2 N–H and O–H groups in total. The summed E-state index contributed by atoms with van der Waals surface area (Å²) < 4.78 is 11.3. The first kappa shape index (κ1) is 23.2. The van der Waals surface area contributed by atoms with Crippen LogP contribution in [0.4, 0.5) is 4.79 Å². The average molecular weight is 493 g/mol. The number of fused-ring (bicyclic) bond motifs is 3. The molecule has 0 spiro atoms. The van der Waals surface area contributed by atoms with E-state index in [0.29, 0.717) is 29.0 Å². The first-order chi connectivity index (χ1) is 17.0. The van der Waals surface area contributed by atoms with Gasteiger partial charge in [0.2, 0.25) is 5.88 Å². The molecule has 35 heavy (non-hydrogen) atoms. The van der Waals surface area contributed by atoms with Gasteiger partial charge in [-0.2, -0.15) is 0 Å². The first-order valence-electron chi connectivity index (χ1n) is 11.6. The van der Waals surface area contributed by atoms with Crippen molar-refractivity contribution in [3.63, 3.8) is 0 Å². The van der Waals surface area contributed by atoms with E-state index in [1.54, 1.807) is 6.07 Å². The Morgan fingerprint density at radius 2 is 1.71 bits per heavy atom. The minimum Gasteiger partial charge on any atom is -0.480 e. The fraction of sp³-hybridized carbons (Fsp3) is 0.296. The molecular weight excluding hydrogens is 468 g/mol. The number of ether oxygens (including phenoxy) is 2. The van der Waals surface area contributed by atoms with Crippen LogP contribution in [-0.4, -0.2) is 41.4 Å². The van der Waals surface area contributed by atoms with Gasteiger partial charge in [-0.1, -0.05) is 60.1 Å². The topological polar surface area (TPSA) is 97.8 Å². The van der Waals surface area contributed by atoms with Crippen molar-refractivity contribution in [2.75, 3.05) is 13.2 Å². The molecule has 0 unspecified atom stereocenters. The summed E-state index contributed by atoms with van der Waals surface area (Å²) in [7, 11) is 0. The van der Waals surface area contributed by atoms with Crippen LogP contribution in [0.15, 0.2) is 60.8 Å². The van der Waals surface area contributed by atoms with Crippen molar-refractivity contribution in [3.8, 4) is 17.0 Å². The lowest BCUT2D eigenvalue weighted by Gasteiger charge is -2.18. The number of aliphatic carboxylic acids is 1. The number of halogens is 1. The maximum absolute atomic E-state index is 12.6. The van der Waals surface area contributed by atoms with Gasteiger partial charge < -0.3 is 19.9 Å². The Labute approximate surface area is 208 Å². The monoisotopic (exact) mass is 492 g/mol. The summed E-state index contributed by atoms with van der Waals surface area (Å²) in [6.45, 7) is 0.625. The van der Waals surface area contributed by atoms with E-state index >= 15 is 0 Å². The third-order valence-corrected chi connectivity index (χ3v) is 6.61. The Balaban J connectivity index is 1.25. The number of rotatable bonds is 9. The lowest BCUT2D eigenvalue weighted by molar-refractivity contribution is -0.139. The summed E-state index contributed by atoms with van der Waals surface area (Å²) in [6, 6.07) is 16.4. The number of alkyl carbamates (subject to hydrolysis) is 1. The van der Waals surface area contributed by atoms with Crippen molar-refractivity contribution in [3.05, 3.63) is 82.5 Å². The maximum atomic E-state index is 12.6. The summed E-state index contributed by atoms with van der Waals surface area (Å²) in [5.74, 6) is -0.459. The minimum atomic E-state index is -1.23. The van der Waals surface area contributed by atoms with Gasteiger partial charge in [0.05, 0.1) is 11.6 Å². The molecule has 180 valence electrons. The van der Waals surface area contributed by atoms with Crippen molar-refractivity contribution in [2.45, 2.75) is 31.2 Å². The highest BCUT2D eigenvalue weighted by molar-refractivity contribution is 6.30. The number of carbonyl (C=O) groups excluding carboxylic acids is 1. The molecule has 1 aromatic heterocycles. The van der Waals surface area contributed by atoms with Gasteiger partial charge >= 0.3 is 12.1 Å². The molecule has 3 aromatic rings. The molecule has 2 aliphatic carbocycles. The normalized spacial score (nSPS) is 15.1. The average Bonchev–Trinajstić information content (AvgIpc) is 3.63. The van der Waals surface area contributed by atoms with Crippen molar-refractivity contribution in [2.24, 2.45) is 5.92 Å². The number of nitrogens with one attached hydrogen (secondary N) is 1. The van der Waals surface area contributed by atoms with Crippen molar-refractivity contribution in [1.82, 2.24) is 10.3 Å². The molecule has 0 aliphatic heterocycles. The van der Waals surface area contributed by atoms with E-state index in [1.165, 1.54) is 6.20 Å². The molecule has 0 radical (unpaired) electrons. The summed E-state index contributed by atoms with van der Waals surface area (Å²) in [6.07, 6.45) is 2.86. The summed E-state index contributed by atoms with van der Waals surface area (Å²) in [4.78, 5) is 28.8. The Kier molecular flexibility index (Phi) is 6.59. The fourth-order valence-corrected chi connectivity index (χ4v) is 4.61. The molecule has 1 saturated carbocycles. The van der Waals surface area contributed by atoms with Gasteiger partial charge in [0.15, 0.2) is 0 Å². The number of carboxylic acid groups (broad SMARTS) is 1. The number of carbonyl (C=O) groups is 2. The van der Waals surface area contributed by atoms with Crippen LogP contribution >= 0.6 is 11.6 Å². The van der Waals surface area contributed by atoms with Gasteiger partial charge in [-0.05, 0) is 47.1 Å². The number of hydrogen-bond donors (Lipinski definition) is 2. The van der Waals surface area contributed by atoms with Gasteiger partial charge in [0, 0.05) is 24.1 Å². The highest BCUT2D eigenvalue weighted by Crippen LogP contribution is 2.44. The van der Waals surface area contributed by atoms with Crippen LogP contribution in [-0.2, 0) is 16.0 Å². The van der Waals surface area contributed by atoms with Gasteiger partial charge in [-0.25, -0.2) is 14.6 Å². The highest BCUT2D eigenvalue weighted by atomic mass is 35.5. The molecule has 5 rings (SSSR count). The van der Waals surface area contributed by atoms with Gasteiger partial charge in [-0.3, -0.25) is 0 Å².